The summed E-state index contributed by atoms with van der Waals surface area (Å²) in [7, 11) is 4.88. The molecule has 7 heteroatoms. The van der Waals surface area contributed by atoms with E-state index in [0.29, 0.717) is 10.9 Å². The van der Waals surface area contributed by atoms with E-state index in [-0.39, 0.29) is 0 Å². The number of nitrogens with one attached hydrogen (secondary N) is 1. The second kappa shape index (κ2) is 8.35. The summed E-state index contributed by atoms with van der Waals surface area (Å²) in [5.41, 5.74) is 5.65. The fourth-order valence-corrected chi connectivity index (χ4v) is 2.99. The first-order valence-electron chi connectivity index (χ1n) is 7.84. The third-order valence-electron chi connectivity index (χ3n) is 3.67. The largest absolute Gasteiger partial charge is 0.497 e. The molecule has 0 fully saturated rings. The summed E-state index contributed by atoms with van der Waals surface area (Å²) in [6.07, 6.45) is 1.69. The van der Waals surface area contributed by atoms with Gasteiger partial charge in [0.15, 0.2) is 0 Å². The number of benzene rings is 2. The van der Waals surface area contributed by atoms with Crippen molar-refractivity contribution in [1.29, 1.82) is 0 Å². The van der Waals surface area contributed by atoms with Crippen LogP contribution in [-0.2, 0) is 0 Å². The molecule has 1 N–H and O–H groups in total. The van der Waals surface area contributed by atoms with Crippen molar-refractivity contribution in [3.05, 3.63) is 53.4 Å². The standard InChI is InChI=1S/C19H19N3O3S/c1-23-15-6-4-5-13(9-15)17-12-26-19(21-17)22-20-11-14-7-8-16(24-2)10-18(14)25-3/h4-12H,1-3H3,(H,21,22)/b20-11-. The van der Waals surface area contributed by atoms with Gasteiger partial charge < -0.3 is 14.2 Å². The van der Waals surface area contributed by atoms with Crippen molar-refractivity contribution in [2.45, 2.75) is 0 Å². The molecule has 0 unspecified atom stereocenters. The van der Waals surface area contributed by atoms with Gasteiger partial charge in [0, 0.05) is 22.6 Å². The second-order valence-electron chi connectivity index (χ2n) is 5.25. The third kappa shape index (κ3) is 4.12. The molecular formula is C19H19N3O3S. The van der Waals surface area contributed by atoms with Crippen LogP contribution in [0.3, 0.4) is 0 Å². The van der Waals surface area contributed by atoms with Gasteiger partial charge in [0.25, 0.3) is 0 Å². The normalized spacial score (nSPS) is 10.7. The van der Waals surface area contributed by atoms with Crippen LogP contribution in [0.4, 0.5) is 5.13 Å². The molecule has 134 valence electrons. The Morgan fingerprint density at radius 3 is 2.58 bits per heavy atom. The Balaban J connectivity index is 1.71. The van der Waals surface area contributed by atoms with Gasteiger partial charge in [-0.1, -0.05) is 12.1 Å². The lowest BCUT2D eigenvalue weighted by molar-refractivity contribution is 0.394. The molecule has 0 amide bonds. The minimum absolute atomic E-state index is 0.686. The Labute approximate surface area is 156 Å². The molecule has 0 saturated heterocycles. The Hall–Kier alpha value is -3.06. The number of hydrogen-bond donors (Lipinski definition) is 1. The van der Waals surface area contributed by atoms with Crippen LogP contribution in [-0.4, -0.2) is 32.5 Å². The summed E-state index contributed by atoms with van der Waals surface area (Å²) in [5.74, 6) is 2.22. The Kier molecular flexibility index (Phi) is 5.70. The van der Waals surface area contributed by atoms with E-state index in [9.17, 15) is 0 Å². The summed E-state index contributed by atoms with van der Waals surface area (Å²) in [4.78, 5) is 4.54. The highest BCUT2D eigenvalue weighted by molar-refractivity contribution is 7.14. The number of anilines is 1. The molecular weight excluding hydrogens is 350 g/mol. The van der Waals surface area contributed by atoms with Gasteiger partial charge in [0.2, 0.25) is 5.13 Å². The van der Waals surface area contributed by atoms with Gasteiger partial charge in [-0.15, -0.1) is 11.3 Å². The van der Waals surface area contributed by atoms with E-state index in [1.807, 2.05) is 47.8 Å². The lowest BCUT2D eigenvalue weighted by atomic mass is 10.2. The first-order valence-corrected chi connectivity index (χ1v) is 8.72. The van der Waals surface area contributed by atoms with E-state index in [0.717, 1.165) is 28.3 Å². The maximum Gasteiger partial charge on any atom is 0.203 e. The number of nitrogens with zero attached hydrogens (tertiary/aromatic N) is 2. The van der Waals surface area contributed by atoms with Gasteiger partial charge in [0.1, 0.15) is 17.2 Å². The van der Waals surface area contributed by atoms with Gasteiger partial charge in [-0.3, -0.25) is 5.43 Å². The zero-order chi connectivity index (χ0) is 18.4. The molecule has 0 aliphatic heterocycles. The molecule has 2 aromatic carbocycles. The fourth-order valence-electron chi connectivity index (χ4n) is 2.32. The highest BCUT2D eigenvalue weighted by Crippen LogP contribution is 2.27. The van der Waals surface area contributed by atoms with Crippen LogP contribution in [0.2, 0.25) is 0 Å². The van der Waals surface area contributed by atoms with Crippen LogP contribution >= 0.6 is 11.3 Å². The average Bonchev–Trinajstić information content (AvgIpc) is 3.17. The van der Waals surface area contributed by atoms with Gasteiger partial charge in [-0.25, -0.2) is 4.98 Å². The minimum Gasteiger partial charge on any atom is -0.497 e. The maximum absolute atomic E-state index is 5.35. The van der Waals surface area contributed by atoms with Crippen LogP contribution < -0.4 is 19.6 Å². The minimum atomic E-state index is 0.686. The molecule has 3 aromatic rings. The monoisotopic (exact) mass is 369 g/mol. The average molecular weight is 369 g/mol. The van der Waals surface area contributed by atoms with Crippen LogP contribution in [0.1, 0.15) is 5.56 Å². The van der Waals surface area contributed by atoms with Crippen molar-refractivity contribution in [3.8, 4) is 28.5 Å². The Morgan fingerprint density at radius 2 is 1.81 bits per heavy atom. The predicted octanol–water partition coefficient (Wildman–Crippen LogP) is 4.28. The van der Waals surface area contributed by atoms with E-state index in [2.05, 4.69) is 15.5 Å². The van der Waals surface area contributed by atoms with E-state index < -0.39 is 0 Å². The van der Waals surface area contributed by atoms with Crippen LogP contribution in [0.25, 0.3) is 11.3 Å². The molecule has 0 radical (unpaired) electrons. The first-order chi connectivity index (χ1) is 12.7. The predicted molar refractivity (Wildman–Crippen MR) is 105 cm³/mol. The molecule has 0 saturated carbocycles. The van der Waals surface area contributed by atoms with E-state index in [4.69, 9.17) is 14.2 Å². The lowest BCUT2D eigenvalue weighted by Crippen LogP contribution is -1.95. The zero-order valence-electron chi connectivity index (χ0n) is 14.7. The fraction of sp³-hybridized carbons (Fsp3) is 0.158. The van der Waals surface area contributed by atoms with Gasteiger partial charge in [0.05, 0.1) is 33.2 Å². The highest BCUT2D eigenvalue weighted by atomic mass is 32.1. The molecule has 0 atom stereocenters. The SMILES string of the molecule is COc1cccc(-c2csc(N/N=C\c3ccc(OC)cc3OC)n2)c1. The molecule has 0 spiro atoms. The van der Waals surface area contributed by atoms with E-state index >= 15 is 0 Å². The number of ether oxygens (including phenoxy) is 3. The van der Waals surface area contributed by atoms with Crippen molar-refractivity contribution in [1.82, 2.24) is 4.98 Å². The molecule has 1 heterocycles. The first kappa shape index (κ1) is 17.8. The molecule has 26 heavy (non-hydrogen) atoms. The number of hydrogen-bond acceptors (Lipinski definition) is 7. The highest BCUT2D eigenvalue weighted by Gasteiger charge is 2.06. The quantitative estimate of drug-likeness (QED) is 0.497. The molecule has 0 aliphatic rings. The molecule has 3 rings (SSSR count). The van der Waals surface area contributed by atoms with Crippen molar-refractivity contribution < 1.29 is 14.2 Å². The summed E-state index contributed by atoms with van der Waals surface area (Å²) >= 11 is 1.48. The topological polar surface area (TPSA) is 65.0 Å². The number of methoxy groups -OCH3 is 3. The maximum atomic E-state index is 5.35. The number of thiazole rings is 1. The number of rotatable bonds is 7. The van der Waals surface area contributed by atoms with Gasteiger partial charge in [-0.05, 0) is 24.3 Å². The van der Waals surface area contributed by atoms with Crippen LogP contribution in [0, 0.1) is 0 Å². The Bertz CT molecular complexity index is 909. The molecule has 0 aliphatic carbocycles. The van der Waals surface area contributed by atoms with Crippen molar-refractivity contribution >= 4 is 22.7 Å². The van der Waals surface area contributed by atoms with Crippen molar-refractivity contribution in [2.24, 2.45) is 5.10 Å². The smallest absolute Gasteiger partial charge is 0.203 e. The summed E-state index contributed by atoms with van der Waals surface area (Å²) in [6.45, 7) is 0. The Morgan fingerprint density at radius 1 is 1.00 bits per heavy atom. The van der Waals surface area contributed by atoms with E-state index in [1.54, 1.807) is 27.5 Å². The summed E-state index contributed by atoms with van der Waals surface area (Å²) < 4.78 is 15.8. The lowest BCUT2D eigenvalue weighted by Gasteiger charge is -2.06. The number of aromatic nitrogens is 1. The zero-order valence-corrected chi connectivity index (χ0v) is 15.5. The van der Waals surface area contributed by atoms with Gasteiger partial charge >= 0.3 is 0 Å². The van der Waals surface area contributed by atoms with Gasteiger partial charge in [-0.2, -0.15) is 5.10 Å². The summed E-state index contributed by atoms with van der Waals surface area (Å²) in [6, 6.07) is 13.3. The second-order valence-corrected chi connectivity index (χ2v) is 6.11. The molecule has 1 aromatic heterocycles. The third-order valence-corrected chi connectivity index (χ3v) is 4.42. The van der Waals surface area contributed by atoms with Crippen LogP contribution in [0.5, 0.6) is 17.2 Å². The van der Waals surface area contributed by atoms with E-state index in [1.165, 1.54) is 11.3 Å². The number of hydrazone groups is 1. The van der Waals surface area contributed by atoms with Crippen LogP contribution in [0.15, 0.2) is 52.9 Å². The summed E-state index contributed by atoms with van der Waals surface area (Å²) in [5, 5.41) is 6.92. The molecule has 6 nitrogen and oxygen atoms in total. The molecule has 0 bridgehead atoms. The van der Waals surface area contributed by atoms with Crippen molar-refractivity contribution in [3.63, 3.8) is 0 Å². The van der Waals surface area contributed by atoms with Crippen molar-refractivity contribution in [2.75, 3.05) is 26.8 Å².